The lowest BCUT2D eigenvalue weighted by Gasteiger charge is -2.50. The summed E-state index contributed by atoms with van der Waals surface area (Å²) < 4.78 is 52.0. The molecule has 6 rings (SSSR count). The number of nitrogens with two attached hydrogens (primary N) is 1. The largest absolute Gasteiger partial charge is 0.456 e. The third-order valence-electron chi connectivity index (χ3n) is 15.5. The van der Waals surface area contributed by atoms with E-state index in [1.54, 1.807) is 46.2 Å². The number of methoxy groups -OCH3 is 2. The topological polar surface area (TPSA) is 263 Å². The number of hydrogen-bond acceptors (Lipinski definition) is 21. The molecule has 3 aliphatic rings. The first-order valence-electron chi connectivity index (χ1n) is 24.9. The van der Waals surface area contributed by atoms with Gasteiger partial charge in [-0.3, -0.25) is 23.9 Å². The van der Waals surface area contributed by atoms with Gasteiger partial charge < -0.3 is 64.1 Å². The average molecular weight is 1160 g/mol. The van der Waals surface area contributed by atoms with Crippen molar-refractivity contribution in [1.29, 1.82) is 0 Å². The van der Waals surface area contributed by atoms with Crippen molar-refractivity contribution in [2.24, 2.45) is 29.6 Å². The minimum Gasteiger partial charge on any atom is -0.456 e. The summed E-state index contributed by atoms with van der Waals surface area (Å²) in [7, 11) is 6.82. The number of nitrogens with zero attached hydrogens (tertiary/aromatic N) is 6. The van der Waals surface area contributed by atoms with Crippen molar-refractivity contribution in [2.75, 3.05) is 50.9 Å². The number of thioether (sulfide) groups is 1. The van der Waals surface area contributed by atoms with E-state index in [0.29, 0.717) is 48.0 Å². The predicted molar refractivity (Wildman–Crippen MR) is 282 cm³/mol. The summed E-state index contributed by atoms with van der Waals surface area (Å²) in [5.41, 5.74) is 3.99. The first kappa shape index (κ1) is 58.9. The Balaban J connectivity index is 1.38. The number of ketones is 1. The van der Waals surface area contributed by atoms with Crippen molar-refractivity contribution in [3.63, 3.8) is 0 Å². The Labute approximate surface area is 446 Å². The lowest BCUT2D eigenvalue weighted by Crippen LogP contribution is -2.61. The van der Waals surface area contributed by atoms with Crippen LogP contribution in [0.5, 0.6) is 0 Å². The lowest BCUT2D eigenvalue weighted by atomic mass is 9.72. The minimum atomic E-state index is -1.54. The van der Waals surface area contributed by atoms with Gasteiger partial charge in [-0.15, -0.1) is 0 Å². The number of pyridine rings is 1. The van der Waals surface area contributed by atoms with Crippen molar-refractivity contribution in [3.05, 3.63) is 30.9 Å². The van der Waals surface area contributed by atoms with E-state index in [-0.39, 0.29) is 42.3 Å². The number of nitrogen functional groups attached to an aromatic ring is 1. The SMILES string of the molecule is CO[C@]1(C)C[C@@H](C)C(=O)[C@H](C)[C@@H](CSCCn2c(Nc3cccnc3)nc3c(N)ncnc32)[C@](C)(OC=O)[C@@H](I)OC(=O)C(C)[C@@H](O[C@H]2C[C@@](C)(OC)[C@@H](O)C(C)O2)[C@H](C)[C@H]1O[C@@H]1OC(C)CC(N(C)C)[C@H]1O. The number of cyclic esters (lactones) is 1. The Bertz CT molecular complexity index is 2330. The molecule has 5 N–H and O–H groups in total. The maximum atomic E-state index is 15.2. The maximum absolute atomic E-state index is 15.2. The molecule has 4 unspecified atom stereocenters. The van der Waals surface area contributed by atoms with Gasteiger partial charge in [0.05, 0.1) is 53.4 Å². The molecule has 73 heavy (non-hydrogen) atoms. The van der Waals surface area contributed by atoms with Gasteiger partial charge in [0, 0.05) is 74.6 Å². The molecule has 408 valence electrons. The number of ether oxygens (including phenoxy) is 8. The monoisotopic (exact) mass is 1160 g/mol. The zero-order chi connectivity index (χ0) is 53.7. The fraction of sp³-hybridized carbons (Fsp3) is 0.740. The quantitative estimate of drug-likeness (QED) is 0.0475. The molecule has 3 aromatic heterocycles. The number of fused-ring (bicyclic) bond motifs is 1. The molecule has 0 amide bonds. The number of nitrogens with one attached hydrogen (secondary N) is 1. The molecular formula is C50H77IN8O13S. The van der Waals surface area contributed by atoms with Gasteiger partial charge in [0.2, 0.25) is 5.95 Å². The summed E-state index contributed by atoms with van der Waals surface area (Å²) in [6, 6.07) is 3.34. The van der Waals surface area contributed by atoms with Crippen LogP contribution in [0.25, 0.3) is 11.2 Å². The molecule has 0 aliphatic carbocycles. The van der Waals surface area contributed by atoms with Gasteiger partial charge >= 0.3 is 5.97 Å². The third-order valence-corrected chi connectivity index (χ3v) is 18.0. The Kier molecular flexibility index (Phi) is 20.0. The molecule has 23 heteroatoms. The smallest absolute Gasteiger partial charge is 0.312 e. The van der Waals surface area contributed by atoms with Crippen molar-refractivity contribution >= 4 is 81.2 Å². The second kappa shape index (κ2) is 24.7. The first-order valence-corrected chi connectivity index (χ1v) is 27.3. The van der Waals surface area contributed by atoms with E-state index in [0.717, 1.165) is 0 Å². The van der Waals surface area contributed by atoms with Crippen LogP contribution < -0.4 is 11.1 Å². The molecule has 3 fully saturated rings. The van der Waals surface area contributed by atoms with Gasteiger partial charge in [-0.25, -0.2) is 15.0 Å². The number of rotatable bonds is 16. The third kappa shape index (κ3) is 12.9. The summed E-state index contributed by atoms with van der Waals surface area (Å²) in [4.78, 5) is 62.2. The summed E-state index contributed by atoms with van der Waals surface area (Å²) >= 11 is 3.49. The fourth-order valence-electron chi connectivity index (χ4n) is 10.8. The second-order valence-corrected chi connectivity index (χ2v) is 23.1. The second-order valence-electron chi connectivity index (χ2n) is 20.8. The van der Waals surface area contributed by atoms with Crippen LogP contribution in [0.2, 0.25) is 0 Å². The van der Waals surface area contributed by atoms with E-state index >= 15 is 4.79 Å². The Morgan fingerprint density at radius 2 is 1.73 bits per heavy atom. The van der Waals surface area contributed by atoms with Crippen molar-refractivity contribution in [1.82, 2.24) is 29.4 Å². The van der Waals surface area contributed by atoms with Crippen LogP contribution in [0.4, 0.5) is 17.5 Å². The number of anilines is 3. The van der Waals surface area contributed by atoms with Gasteiger partial charge in [-0.2, -0.15) is 11.8 Å². The number of aliphatic hydroxyl groups is 2. The van der Waals surface area contributed by atoms with Gasteiger partial charge in [-0.1, -0.05) is 20.8 Å². The summed E-state index contributed by atoms with van der Waals surface area (Å²) in [5.74, 6) is -3.35. The average Bonchev–Trinajstić information content (AvgIpc) is 3.71. The van der Waals surface area contributed by atoms with Crippen LogP contribution in [0.15, 0.2) is 30.9 Å². The molecular weight excluding hydrogens is 1080 g/mol. The number of likely N-dealkylation sites (N-methyl/N-ethyl adjacent to an activating group) is 1. The Morgan fingerprint density at radius 3 is 2.37 bits per heavy atom. The van der Waals surface area contributed by atoms with Crippen LogP contribution in [0.3, 0.4) is 0 Å². The van der Waals surface area contributed by atoms with E-state index in [9.17, 15) is 19.8 Å². The molecule has 0 saturated carbocycles. The maximum Gasteiger partial charge on any atom is 0.312 e. The van der Waals surface area contributed by atoms with Gasteiger partial charge in [0.15, 0.2) is 39.3 Å². The number of aryl methyl sites for hydroxylation is 1. The number of Topliss-reactive ketones (excluding diaryl/α,β-unsaturated/α-hetero) is 1. The van der Waals surface area contributed by atoms with Crippen LogP contribution in [0, 0.1) is 29.6 Å². The number of alkyl halides is 1. The highest BCUT2D eigenvalue weighted by molar-refractivity contribution is 14.1. The number of carbonyl (C=O) groups is 3. The molecule has 6 heterocycles. The van der Waals surface area contributed by atoms with Crippen LogP contribution >= 0.6 is 34.4 Å². The van der Waals surface area contributed by atoms with Crippen molar-refractivity contribution in [2.45, 2.75) is 164 Å². The normalized spacial score (nSPS) is 38.2. The van der Waals surface area contributed by atoms with Gasteiger partial charge in [0.1, 0.15) is 24.3 Å². The van der Waals surface area contributed by atoms with E-state index in [4.69, 9.17) is 48.6 Å². The zero-order valence-corrected chi connectivity index (χ0v) is 47.3. The zero-order valence-electron chi connectivity index (χ0n) is 44.3. The van der Waals surface area contributed by atoms with E-state index in [1.807, 2.05) is 86.8 Å². The van der Waals surface area contributed by atoms with Crippen molar-refractivity contribution in [3.8, 4) is 0 Å². The molecule has 0 aromatic carbocycles. The van der Waals surface area contributed by atoms with E-state index in [1.165, 1.54) is 32.3 Å². The highest BCUT2D eigenvalue weighted by atomic mass is 127. The number of hydrogen-bond donors (Lipinski definition) is 4. The number of esters is 1. The Hall–Kier alpha value is -3.37. The fourth-order valence-corrected chi connectivity index (χ4v) is 13.0. The van der Waals surface area contributed by atoms with Crippen LogP contribution in [-0.4, -0.2) is 174 Å². The minimum absolute atomic E-state index is 0.101. The summed E-state index contributed by atoms with van der Waals surface area (Å²) in [6.45, 7) is 16.8. The standard InChI is InChI=1S/C50H77IN8O13S/c1-26-20-49(8,66-13)41(71-45-38(62)34(58(10)11)19-27(2)68-45)29(4)39(70-35-21-48(7,65-12)40(63)31(6)69-35)30(5)44(64)72-46(51)50(9,67-25-60)33(28(3)37(26)61)23-73-18-17-59-43-36(42(52)54-24-55-43)57-47(59)56-32-15-14-16-53-22-32/h14-16,22,24-31,33-35,38-41,45-46,62-63H,17-21,23H2,1-13H3,(H,56,57)(H2,52,54,55)/t26-,27?,28-,29+,30?,31?,33-,34?,35+,38-,39+,40+,41-,45+,46+,48-,49-,50+/m1/s1. The molecule has 18 atom stereocenters. The molecule has 0 radical (unpaired) electrons. The van der Waals surface area contributed by atoms with Gasteiger partial charge in [-0.05, 0) is 103 Å². The summed E-state index contributed by atoms with van der Waals surface area (Å²) in [6.07, 6.45) is -1.77. The molecule has 3 aliphatic heterocycles. The van der Waals surface area contributed by atoms with E-state index in [2.05, 4.69) is 20.3 Å². The molecule has 21 nitrogen and oxygen atoms in total. The predicted octanol–water partition coefficient (Wildman–Crippen LogP) is 5.15. The number of carbonyl (C=O) groups excluding carboxylic acids is 3. The molecule has 3 saturated heterocycles. The highest BCUT2D eigenvalue weighted by Gasteiger charge is 2.55. The van der Waals surface area contributed by atoms with Crippen LogP contribution in [0.1, 0.15) is 81.6 Å². The Morgan fingerprint density at radius 1 is 1.01 bits per heavy atom. The molecule has 0 spiro atoms. The lowest BCUT2D eigenvalue weighted by molar-refractivity contribution is -0.319. The number of imidazole rings is 1. The first-order chi connectivity index (χ1) is 34.4. The van der Waals surface area contributed by atoms with Crippen molar-refractivity contribution < 1.29 is 62.5 Å². The van der Waals surface area contributed by atoms with Crippen LogP contribution in [-0.2, 0) is 58.8 Å². The number of aliphatic hydroxyl groups excluding tert-OH is 2. The summed E-state index contributed by atoms with van der Waals surface area (Å²) in [5, 5.41) is 26.3. The number of aromatic nitrogens is 5. The highest BCUT2D eigenvalue weighted by Crippen LogP contribution is 2.44. The van der Waals surface area contributed by atoms with E-state index < -0.39 is 99.6 Å². The number of halogens is 1. The van der Waals surface area contributed by atoms with Gasteiger partial charge in [0.25, 0.3) is 6.47 Å². The molecule has 3 aromatic rings. The molecule has 0 bridgehead atoms.